The Morgan fingerprint density at radius 1 is 1.47 bits per heavy atom. The molecule has 0 heterocycles. The minimum atomic E-state index is -0.0937. The van der Waals surface area contributed by atoms with Gasteiger partial charge in [0.25, 0.3) is 0 Å². The van der Waals surface area contributed by atoms with Crippen LogP contribution in [0.1, 0.15) is 17.9 Å². The number of esters is 1. The zero-order valence-corrected chi connectivity index (χ0v) is 8.56. The van der Waals surface area contributed by atoms with Crippen LogP contribution in [-0.2, 0) is 9.53 Å². The summed E-state index contributed by atoms with van der Waals surface area (Å²) in [7, 11) is 0. The van der Waals surface area contributed by atoms with Gasteiger partial charge in [0, 0.05) is 0 Å². The van der Waals surface area contributed by atoms with E-state index in [1.165, 1.54) is 5.56 Å². The number of benzene rings is 1. The first-order valence-corrected chi connectivity index (χ1v) is 5.15. The van der Waals surface area contributed by atoms with Crippen LogP contribution in [0.2, 0.25) is 0 Å². The van der Waals surface area contributed by atoms with Gasteiger partial charge >= 0.3 is 5.97 Å². The second-order valence-electron chi connectivity index (χ2n) is 3.78. The number of hydrogen-bond acceptors (Lipinski definition) is 2. The van der Waals surface area contributed by atoms with Crippen LogP contribution in [0.3, 0.4) is 0 Å². The summed E-state index contributed by atoms with van der Waals surface area (Å²) >= 11 is 0. The first kappa shape index (κ1) is 9.97. The Bertz CT molecular complexity index is 356. The molecule has 1 aromatic carbocycles. The van der Waals surface area contributed by atoms with E-state index >= 15 is 0 Å². The molecule has 0 saturated heterocycles. The van der Waals surface area contributed by atoms with E-state index in [1.807, 2.05) is 18.2 Å². The van der Waals surface area contributed by atoms with Gasteiger partial charge in [-0.25, -0.2) is 0 Å². The first-order chi connectivity index (χ1) is 7.33. The fourth-order valence-electron chi connectivity index (χ4n) is 1.77. The molecule has 2 heteroatoms. The molecule has 1 aliphatic rings. The van der Waals surface area contributed by atoms with Gasteiger partial charge in [-0.15, -0.1) is 0 Å². The fourth-order valence-corrected chi connectivity index (χ4v) is 1.77. The summed E-state index contributed by atoms with van der Waals surface area (Å²) in [5.74, 6) is 0.333. The lowest BCUT2D eigenvalue weighted by atomic mass is 10.1. The minimum absolute atomic E-state index is 0.0624. The van der Waals surface area contributed by atoms with Gasteiger partial charge in [0.2, 0.25) is 0 Å². The van der Waals surface area contributed by atoms with E-state index in [0.717, 1.165) is 6.42 Å². The Hall–Kier alpha value is -1.57. The van der Waals surface area contributed by atoms with Crippen LogP contribution in [0.5, 0.6) is 0 Å². The molecule has 2 unspecified atom stereocenters. The van der Waals surface area contributed by atoms with Crippen molar-refractivity contribution in [3.05, 3.63) is 48.6 Å². The maximum Gasteiger partial charge on any atom is 0.309 e. The number of hydrogen-bond donors (Lipinski definition) is 0. The summed E-state index contributed by atoms with van der Waals surface area (Å²) in [6.45, 7) is 3.83. The highest BCUT2D eigenvalue weighted by atomic mass is 16.5. The van der Waals surface area contributed by atoms with Gasteiger partial charge in [0.15, 0.2) is 0 Å². The molecule has 2 nitrogen and oxygen atoms in total. The van der Waals surface area contributed by atoms with E-state index in [0.29, 0.717) is 12.5 Å². The maximum atomic E-state index is 11.5. The monoisotopic (exact) mass is 202 g/mol. The van der Waals surface area contributed by atoms with Crippen molar-refractivity contribution in [2.24, 2.45) is 5.92 Å². The SMILES string of the molecule is C=CCOC(=O)C1CC1c1ccccc1. The van der Waals surface area contributed by atoms with Crippen LogP contribution in [0, 0.1) is 5.92 Å². The molecule has 2 rings (SSSR count). The van der Waals surface area contributed by atoms with Crippen LogP contribution in [-0.4, -0.2) is 12.6 Å². The first-order valence-electron chi connectivity index (χ1n) is 5.15. The summed E-state index contributed by atoms with van der Waals surface area (Å²) in [5.41, 5.74) is 1.23. The van der Waals surface area contributed by atoms with Crippen molar-refractivity contribution in [1.82, 2.24) is 0 Å². The molecule has 0 spiro atoms. The van der Waals surface area contributed by atoms with Crippen LogP contribution in [0.25, 0.3) is 0 Å². The second-order valence-corrected chi connectivity index (χ2v) is 3.78. The van der Waals surface area contributed by atoms with E-state index in [1.54, 1.807) is 6.08 Å². The second kappa shape index (κ2) is 4.30. The summed E-state index contributed by atoms with van der Waals surface area (Å²) in [4.78, 5) is 11.5. The summed E-state index contributed by atoms with van der Waals surface area (Å²) in [6, 6.07) is 10.1. The Labute approximate surface area is 89.6 Å². The van der Waals surface area contributed by atoms with Crippen molar-refractivity contribution in [3.63, 3.8) is 0 Å². The third-order valence-electron chi connectivity index (χ3n) is 2.66. The van der Waals surface area contributed by atoms with Crippen molar-refractivity contribution < 1.29 is 9.53 Å². The Morgan fingerprint density at radius 3 is 2.87 bits per heavy atom. The number of carbonyl (C=O) groups is 1. The largest absolute Gasteiger partial charge is 0.461 e. The molecule has 0 bridgehead atoms. The maximum absolute atomic E-state index is 11.5. The van der Waals surface area contributed by atoms with Gasteiger partial charge in [-0.1, -0.05) is 43.0 Å². The van der Waals surface area contributed by atoms with Gasteiger partial charge in [-0.05, 0) is 17.9 Å². The highest BCUT2D eigenvalue weighted by Gasteiger charge is 2.44. The molecule has 1 aliphatic carbocycles. The van der Waals surface area contributed by atoms with E-state index < -0.39 is 0 Å². The molecule has 2 atom stereocenters. The molecule has 1 aromatic rings. The fraction of sp³-hybridized carbons (Fsp3) is 0.308. The molecule has 0 aliphatic heterocycles. The predicted octanol–water partition coefficient (Wildman–Crippen LogP) is 2.52. The van der Waals surface area contributed by atoms with E-state index in [9.17, 15) is 4.79 Å². The molecular weight excluding hydrogens is 188 g/mol. The molecule has 0 aromatic heterocycles. The van der Waals surface area contributed by atoms with Crippen LogP contribution in [0.4, 0.5) is 0 Å². The molecule has 0 amide bonds. The van der Waals surface area contributed by atoms with Gasteiger partial charge in [-0.2, -0.15) is 0 Å². The minimum Gasteiger partial charge on any atom is -0.461 e. The Balaban J connectivity index is 1.91. The lowest BCUT2D eigenvalue weighted by molar-refractivity contribution is -0.144. The third kappa shape index (κ3) is 2.27. The van der Waals surface area contributed by atoms with Gasteiger partial charge in [0.05, 0.1) is 5.92 Å². The lowest BCUT2D eigenvalue weighted by Gasteiger charge is -2.01. The smallest absolute Gasteiger partial charge is 0.309 e. The van der Waals surface area contributed by atoms with Crippen molar-refractivity contribution in [3.8, 4) is 0 Å². The average Bonchev–Trinajstić information content (AvgIpc) is 3.07. The molecule has 1 saturated carbocycles. The van der Waals surface area contributed by atoms with Crippen LogP contribution >= 0.6 is 0 Å². The molecular formula is C13H14O2. The number of carbonyl (C=O) groups excluding carboxylic acids is 1. The van der Waals surface area contributed by atoms with Crippen molar-refractivity contribution in [2.45, 2.75) is 12.3 Å². The van der Waals surface area contributed by atoms with Crippen LogP contribution < -0.4 is 0 Å². The van der Waals surface area contributed by atoms with Crippen molar-refractivity contribution >= 4 is 5.97 Å². The van der Waals surface area contributed by atoms with E-state index in [2.05, 4.69) is 18.7 Å². The van der Waals surface area contributed by atoms with Crippen molar-refractivity contribution in [1.29, 1.82) is 0 Å². The molecule has 0 N–H and O–H groups in total. The topological polar surface area (TPSA) is 26.3 Å². The quantitative estimate of drug-likeness (QED) is 0.554. The standard InChI is InChI=1S/C13H14O2/c1-2-8-15-13(14)12-9-11(12)10-6-4-3-5-7-10/h2-7,11-12H,1,8-9H2. The zero-order chi connectivity index (χ0) is 10.7. The third-order valence-corrected chi connectivity index (χ3v) is 2.66. The normalized spacial score (nSPS) is 23.2. The summed E-state index contributed by atoms with van der Waals surface area (Å²) < 4.78 is 5.01. The highest BCUT2D eigenvalue weighted by Crippen LogP contribution is 2.47. The lowest BCUT2D eigenvalue weighted by Crippen LogP contribution is -2.07. The number of ether oxygens (including phenoxy) is 1. The molecule has 15 heavy (non-hydrogen) atoms. The summed E-state index contributed by atoms with van der Waals surface area (Å²) in [5, 5.41) is 0. The Kier molecular flexibility index (Phi) is 2.86. The Morgan fingerprint density at radius 2 is 2.20 bits per heavy atom. The molecule has 1 fully saturated rings. The zero-order valence-electron chi connectivity index (χ0n) is 8.56. The van der Waals surface area contributed by atoms with Gasteiger partial charge < -0.3 is 4.74 Å². The predicted molar refractivity (Wildman–Crippen MR) is 58.4 cm³/mol. The summed E-state index contributed by atoms with van der Waals surface area (Å²) in [6.07, 6.45) is 2.51. The van der Waals surface area contributed by atoms with E-state index in [-0.39, 0.29) is 11.9 Å². The molecule has 78 valence electrons. The van der Waals surface area contributed by atoms with E-state index in [4.69, 9.17) is 4.74 Å². The number of rotatable bonds is 4. The average molecular weight is 202 g/mol. The van der Waals surface area contributed by atoms with Gasteiger partial charge in [0.1, 0.15) is 6.61 Å². The van der Waals surface area contributed by atoms with Gasteiger partial charge in [-0.3, -0.25) is 4.79 Å². The van der Waals surface area contributed by atoms with Crippen molar-refractivity contribution in [2.75, 3.05) is 6.61 Å². The molecule has 0 radical (unpaired) electrons. The highest BCUT2D eigenvalue weighted by molar-refractivity contribution is 5.77. The van der Waals surface area contributed by atoms with Crippen LogP contribution in [0.15, 0.2) is 43.0 Å².